The highest BCUT2D eigenvalue weighted by atomic mass is 32.1. The molecule has 0 radical (unpaired) electrons. The Balaban J connectivity index is 2.36. The number of pyridine rings is 1. The van der Waals surface area contributed by atoms with E-state index in [9.17, 15) is 14.9 Å². The minimum Gasteiger partial charge on any atom is -0.477 e. The molecule has 0 spiro atoms. The molecule has 0 unspecified atom stereocenters. The molecule has 0 aromatic carbocycles. The summed E-state index contributed by atoms with van der Waals surface area (Å²) in [5.74, 6) is -1.14. The zero-order chi connectivity index (χ0) is 15.6. The number of thiazole rings is 1. The summed E-state index contributed by atoms with van der Waals surface area (Å²) < 4.78 is 0. The smallest absolute Gasteiger partial charge is 0.342 e. The molecule has 21 heavy (non-hydrogen) atoms. The van der Waals surface area contributed by atoms with E-state index < -0.39 is 27.7 Å². The Bertz CT molecular complexity index is 685. The molecule has 2 aromatic heterocycles. The normalized spacial score (nSPS) is 11.1. The van der Waals surface area contributed by atoms with E-state index in [0.29, 0.717) is 0 Å². The van der Waals surface area contributed by atoms with E-state index >= 15 is 0 Å². The highest BCUT2D eigenvalue weighted by Crippen LogP contribution is 2.28. The summed E-state index contributed by atoms with van der Waals surface area (Å²) in [5, 5.41) is 25.5. The molecule has 0 aliphatic carbocycles. The monoisotopic (exact) mass is 308 g/mol. The summed E-state index contributed by atoms with van der Waals surface area (Å²) in [6.45, 7) is 3.71. The van der Waals surface area contributed by atoms with Gasteiger partial charge in [-0.1, -0.05) is 0 Å². The first-order valence-corrected chi connectivity index (χ1v) is 6.75. The minimum absolute atomic E-state index is 0.234. The zero-order valence-corrected chi connectivity index (χ0v) is 12.0. The van der Waals surface area contributed by atoms with Gasteiger partial charge in [0.25, 0.3) is 0 Å². The molecular weight excluding hydrogens is 296 g/mol. The van der Waals surface area contributed by atoms with Crippen molar-refractivity contribution in [2.45, 2.75) is 19.4 Å². The molecule has 110 valence electrons. The second kappa shape index (κ2) is 5.44. The Hall–Kier alpha value is -2.55. The topological polar surface area (TPSA) is 118 Å². The van der Waals surface area contributed by atoms with Crippen LogP contribution in [0.5, 0.6) is 0 Å². The molecule has 2 N–H and O–H groups in total. The second-order valence-electron chi connectivity index (χ2n) is 4.74. The van der Waals surface area contributed by atoms with Crippen molar-refractivity contribution in [3.8, 4) is 0 Å². The van der Waals surface area contributed by atoms with Crippen LogP contribution in [0, 0.1) is 10.1 Å². The van der Waals surface area contributed by atoms with Crippen LogP contribution in [0.1, 0.15) is 29.2 Å². The summed E-state index contributed by atoms with van der Waals surface area (Å²) in [4.78, 5) is 29.2. The number of nitrogens with zero attached hydrogens (tertiary/aromatic N) is 3. The fourth-order valence-corrected chi connectivity index (χ4v) is 2.46. The Morgan fingerprint density at radius 1 is 1.48 bits per heavy atom. The summed E-state index contributed by atoms with van der Waals surface area (Å²) in [6, 6.07) is 1.15. The number of hydrogen-bond donors (Lipinski definition) is 2. The first-order chi connectivity index (χ1) is 9.81. The molecule has 0 bridgehead atoms. The Morgan fingerprint density at radius 2 is 2.19 bits per heavy atom. The van der Waals surface area contributed by atoms with Crippen LogP contribution in [0.15, 0.2) is 23.8 Å². The average Bonchev–Trinajstić information content (AvgIpc) is 2.92. The van der Waals surface area contributed by atoms with Crippen molar-refractivity contribution in [2.24, 2.45) is 0 Å². The van der Waals surface area contributed by atoms with Crippen LogP contribution in [0.25, 0.3) is 0 Å². The van der Waals surface area contributed by atoms with Crippen molar-refractivity contribution in [1.82, 2.24) is 9.97 Å². The molecule has 2 rings (SSSR count). The molecule has 0 amide bonds. The fourth-order valence-electron chi connectivity index (χ4n) is 1.74. The van der Waals surface area contributed by atoms with Crippen LogP contribution < -0.4 is 5.32 Å². The lowest BCUT2D eigenvalue weighted by atomic mass is 10.1. The van der Waals surface area contributed by atoms with Crippen LogP contribution in [0.2, 0.25) is 0 Å². The molecule has 8 nitrogen and oxygen atoms in total. The molecule has 0 atom stereocenters. The van der Waals surface area contributed by atoms with E-state index in [4.69, 9.17) is 5.11 Å². The Labute approximate surface area is 123 Å². The summed E-state index contributed by atoms with van der Waals surface area (Å²) in [5.41, 5.74) is -1.53. The average molecular weight is 308 g/mol. The van der Waals surface area contributed by atoms with E-state index in [1.807, 2.05) is 19.2 Å². The third-order valence-corrected chi connectivity index (χ3v) is 3.81. The number of nitrogens with one attached hydrogen (secondary N) is 1. The highest BCUT2D eigenvalue weighted by molar-refractivity contribution is 7.09. The number of carboxylic acid groups (broad SMARTS) is 1. The first-order valence-electron chi connectivity index (χ1n) is 5.87. The lowest BCUT2D eigenvalue weighted by Crippen LogP contribution is -2.28. The number of carboxylic acids is 1. The number of anilines is 1. The predicted octanol–water partition coefficient (Wildman–Crippen LogP) is 2.49. The van der Waals surface area contributed by atoms with Gasteiger partial charge in [-0.2, -0.15) is 0 Å². The lowest BCUT2D eigenvalue weighted by molar-refractivity contribution is -0.385. The van der Waals surface area contributed by atoms with Crippen molar-refractivity contribution in [3.05, 3.63) is 44.5 Å². The molecule has 0 aliphatic heterocycles. The molecule has 0 fully saturated rings. The summed E-state index contributed by atoms with van der Waals surface area (Å²) in [6.07, 6.45) is 2.60. The number of aromatic carboxylic acids is 1. The zero-order valence-electron chi connectivity index (χ0n) is 11.2. The van der Waals surface area contributed by atoms with Crippen LogP contribution in [0.3, 0.4) is 0 Å². The van der Waals surface area contributed by atoms with E-state index in [0.717, 1.165) is 17.3 Å². The third kappa shape index (κ3) is 3.14. The number of rotatable bonds is 5. The van der Waals surface area contributed by atoms with Gasteiger partial charge in [0.15, 0.2) is 0 Å². The van der Waals surface area contributed by atoms with E-state index in [1.54, 1.807) is 6.20 Å². The van der Waals surface area contributed by atoms with Gasteiger partial charge in [0.2, 0.25) is 0 Å². The molecule has 0 saturated carbocycles. The molecule has 0 aliphatic rings. The van der Waals surface area contributed by atoms with Crippen LogP contribution in [-0.2, 0) is 5.54 Å². The molecule has 9 heteroatoms. The van der Waals surface area contributed by atoms with Crippen LogP contribution in [0.4, 0.5) is 11.5 Å². The maximum absolute atomic E-state index is 11.1. The lowest BCUT2D eigenvalue weighted by Gasteiger charge is -2.24. The molecule has 2 aromatic rings. The maximum atomic E-state index is 11.1. The summed E-state index contributed by atoms with van der Waals surface area (Å²) in [7, 11) is 0. The van der Waals surface area contributed by atoms with Gasteiger partial charge in [0.1, 0.15) is 22.6 Å². The Kier molecular flexibility index (Phi) is 3.85. The van der Waals surface area contributed by atoms with Gasteiger partial charge >= 0.3 is 11.7 Å². The van der Waals surface area contributed by atoms with Gasteiger partial charge in [-0.05, 0) is 13.8 Å². The van der Waals surface area contributed by atoms with E-state index in [-0.39, 0.29) is 5.82 Å². The van der Waals surface area contributed by atoms with Crippen molar-refractivity contribution < 1.29 is 14.8 Å². The van der Waals surface area contributed by atoms with Crippen molar-refractivity contribution in [3.63, 3.8) is 0 Å². The first kappa shape index (κ1) is 14.9. The van der Waals surface area contributed by atoms with Gasteiger partial charge in [0.05, 0.1) is 10.5 Å². The largest absolute Gasteiger partial charge is 0.477 e. The van der Waals surface area contributed by atoms with Gasteiger partial charge in [-0.3, -0.25) is 10.1 Å². The number of aromatic nitrogens is 2. The van der Waals surface area contributed by atoms with Gasteiger partial charge in [-0.25, -0.2) is 14.8 Å². The predicted molar refractivity (Wildman–Crippen MR) is 76.6 cm³/mol. The standard InChI is InChI=1S/C12H12N4O4S/c1-12(2,11-13-3-4-21-11)15-9-5-7(10(17)18)8(6-14-9)16(19)20/h3-6H,1-2H3,(H,14,15)(H,17,18). The number of hydrogen-bond acceptors (Lipinski definition) is 7. The minimum atomic E-state index is -1.38. The number of carbonyl (C=O) groups is 1. The highest BCUT2D eigenvalue weighted by Gasteiger charge is 2.26. The molecule has 0 saturated heterocycles. The molecule has 2 heterocycles. The number of nitro groups is 1. The van der Waals surface area contributed by atoms with Crippen molar-refractivity contribution in [2.75, 3.05) is 5.32 Å². The van der Waals surface area contributed by atoms with Gasteiger partial charge in [0, 0.05) is 17.6 Å². The van der Waals surface area contributed by atoms with Crippen LogP contribution >= 0.6 is 11.3 Å². The summed E-state index contributed by atoms with van der Waals surface area (Å²) >= 11 is 1.44. The van der Waals surface area contributed by atoms with Gasteiger partial charge < -0.3 is 10.4 Å². The fraction of sp³-hybridized carbons (Fsp3) is 0.250. The van der Waals surface area contributed by atoms with Crippen LogP contribution in [-0.4, -0.2) is 26.0 Å². The SMILES string of the molecule is CC(C)(Nc1cc(C(=O)O)c([N+](=O)[O-])cn1)c1nccs1. The maximum Gasteiger partial charge on any atom is 0.342 e. The van der Waals surface area contributed by atoms with E-state index in [1.165, 1.54) is 11.3 Å². The van der Waals surface area contributed by atoms with Gasteiger partial charge in [-0.15, -0.1) is 11.3 Å². The molecular formula is C12H12N4O4S. The third-order valence-electron chi connectivity index (χ3n) is 2.72. The Morgan fingerprint density at radius 3 is 2.71 bits per heavy atom. The second-order valence-corrected chi connectivity index (χ2v) is 5.63. The van der Waals surface area contributed by atoms with E-state index in [2.05, 4.69) is 15.3 Å². The van der Waals surface area contributed by atoms with Crippen molar-refractivity contribution >= 4 is 28.8 Å². The quantitative estimate of drug-likeness (QED) is 0.643. The van der Waals surface area contributed by atoms with Crippen molar-refractivity contribution in [1.29, 1.82) is 0 Å².